The highest BCUT2D eigenvalue weighted by Crippen LogP contribution is 2.34. The molecule has 1 aromatic carbocycles. The molecule has 0 spiro atoms. The van der Waals surface area contributed by atoms with Crippen molar-refractivity contribution in [2.75, 3.05) is 13.2 Å². The van der Waals surface area contributed by atoms with Crippen LogP contribution in [0.1, 0.15) is 65.2 Å². The van der Waals surface area contributed by atoms with E-state index in [1.807, 2.05) is 44.2 Å². The van der Waals surface area contributed by atoms with E-state index in [-0.39, 0.29) is 18.6 Å². The van der Waals surface area contributed by atoms with Crippen LogP contribution in [0, 0.1) is 12.8 Å². The van der Waals surface area contributed by atoms with Crippen molar-refractivity contribution < 1.29 is 19.0 Å². The van der Waals surface area contributed by atoms with Crippen LogP contribution in [0.25, 0.3) is 10.2 Å². The number of carbonyl (C=O) groups excluding carboxylic acids is 1. The number of carbonyl (C=O) groups is 1. The van der Waals surface area contributed by atoms with Gasteiger partial charge >= 0.3 is 11.7 Å². The third-order valence-corrected chi connectivity index (χ3v) is 9.32. The molecule has 1 aliphatic heterocycles. The molecule has 3 unspecified atom stereocenters. The summed E-state index contributed by atoms with van der Waals surface area (Å²) in [5.74, 6) is -0.399. The molecule has 8 nitrogen and oxygen atoms in total. The molecule has 4 rings (SSSR count). The molecular formula is C29H37BrN2O6S. The maximum atomic E-state index is 14.2. The molecule has 1 aliphatic rings. The van der Waals surface area contributed by atoms with Gasteiger partial charge in [-0.25, -0.2) is 14.2 Å². The molecule has 0 amide bonds. The fraction of sp³-hybridized carbons (Fsp3) is 0.552. The maximum Gasteiger partial charge on any atom is 0.333 e. The zero-order valence-electron chi connectivity index (χ0n) is 23.6. The van der Waals surface area contributed by atoms with Gasteiger partial charge in [0.25, 0.3) is 5.56 Å². The number of rotatable bonds is 8. The zero-order chi connectivity index (χ0) is 28.7. The van der Waals surface area contributed by atoms with E-state index in [1.54, 1.807) is 39.2 Å². The highest BCUT2D eigenvalue weighted by atomic mass is 79.9. The fourth-order valence-electron chi connectivity index (χ4n) is 4.82. The van der Waals surface area contributed by atoms with Gasteiger partial charge in [-0.15, -0.1) is 11.3 Å². The molecule has 2 aromatic heterocycles. The highest BCUT2D eigenvalue weighted by molar-refractivity contribution is 9.11. The van der Waals surface area contributed by atoms with E-state index in [0.29, 0.717) is 23.4 Å². The first-order chi connectivity index (χ1) is 18.2. The molecule has 1 fully saturated rings. The number of hydrogen-bond donors (Lipinski definition) is 0. The van der Waals surface area contributed by atoms with E-state index in [0.717, 1.165) is 25.9 Å². The SMILES string of the molecule is Cc1c(Br)sc2c1c(=O)n(C(C)(C)C(=O)OC(C)(C)C)c(=O)n2CC(OC(C)C1CCOC1)c1ccccc1. The summed E-state index contributed by atoms with van der Waals surface area (Å²) in [5, 5.41) is 0.396. The van der Waals surface area contributed by atoms with Crippen molar-refractivity contribution in [2.45, 2.75) is 84.8 Å². The predicted molar refractivity (Wildman–Crippen MR) is 157 cm³/mol. The molecule has 3 heterocycles. The average molecular weight is 622 g/mol. The van der Waals surface area contributed by atoms with Crippen molar-refractivity contribution in [3.63, 3.8) is 0 Å². The fourth-order valence-corrected chi connectivity index (χ4v) is 6.51. The van der Waals surface area contributed by atoms with Crippen LogP contribution >= 0.6 is 27.3 Å². The summed E-state index contributed by atoms with van der Waals surface area (Å²) in [4.78, 5) is 41.8. The largest absolute Gasteiger partial charge is 0.458 e. The Morgan fingerprint density at radius 1 is 1.18 bits per heavy atom. The van der Waals surface area contributed by atoms with Gasteiger partial charge < -0.3 is 14.2 Å². The summed E-state index contributed by atoms with van der Waals surface area (Å²) >= 11 is 4.89. The number of fused-ring (bicyclic) bond motifs is 1. The Balaban J connectivity index is 1.88. The van der Waals surface area contributed by atoms with Crippen LogP contribution in [-0.4, -0.2) is 40.0 Å². The number of thiophene rings is 1. The van der Waals surface area contributed by atoms with E-state index in [2.05, 4.69) is 15.9 Å². The topological polar surface area (TPSA) is 88.8 Å². The number of nitrogens with zero attached hydrogens (tertiary/aromatic N) is 2. The second-order valence-corrected chi connectivity index (χ2v) is 14.0. The molecule has 0 saturated carbocycles. The molecule has 0 aliphatic carbocycles. The van der Waals surface area contributed by atoms with Crippen LogP contribution in [0.5, 0.6) is 0 Å². The van der Waals surface area contributed by atoms with E-state index in [4.69, 9.17) is 14.2 Å². The maximum absolute atomic E-state index is 14.2. The number of aryl methyl sites for hydroxylation is 1. The number of benzene rings is 1. The highest BCUT2D eigenvalue weighted by Gasteiger charge is 2.39. The first-order valence-corrected chi connectivity index (χ1v) is 14.8. The smallest absolute Gasteiger partial charge is 0.333 e. The van der Waals surface area contributed by atoms with Crippen LogP contribution in [0.15, 0.2) is 43.7 Å². The monoisotopic (exact) mass is 620 g/mol. The Kier molecular flexibility index (Phi) is 8.61. The number of halogens is 1. The van der Waals surface area contributed by atoms with Gasteiger partial charge in [0.1, 0.15) is 22.1 Å². The molecule has 212 valence electrons. The second-order valence-electron chi connectivity index (χ2n) is 11.6. The van der Waals surface area contributed by atoms with Crippen molar-refractivity contribution in [1.82, 2.24) is 9.13 Å². The third kappa shape index (κ3) is 6.09. The molecule has 0 N–H and O–H groups in total. The van der Waals surface area contributed by atoms with Crippen molar-refractivity contribution in [1.29, 1.82) is 0 Å². The van der Waals surface area contributed by atoms with Crippen LogP contribution in [0.4, 0.5) is 0 Å². The molecule has 0 radical (unpaired) electrons. The molecule has 3 atom stereocenters. The normalized spacial score (nSPS) is 17.9. The van der Waals surface area contributed by atoms with E-state index < -0.39 is 34.5 Å². The van der Waals surface area contributed by atoms with Crippen molar-refractivity contribution >= 4 is 43.5 Å². The summed E-state index contributed by atoms with van der Waals surface area (Å²) in [6.45, 7) is 13.7. The van der Waals surface area contributed by atoms with E-state index in [9.17, 15) is 14.4 Å². The van der Waals surface area contributed by atoms with Crippen molar-refractivity contribution in [3.8, 4) is 0 Å². The van der Waals surface area contributed by atoms with Gasteiger partial charge in [0.15, 0.2) is 0 Å². The third-order valence-electron chi connectivity index (χ3n) is 7.14. The lowest BCUT2D eigenvalue weighted by Crippen LogP contribution is -2.54. The lowest BCUT2D eigenvalue weighted by molar-refractivity contribution is -0.164. The molecule has 39 heavy (non-hydrogen) atoms. The average Bonchev–Trinajstić information content (AvgIpc) is 3.49. The summed E-state index contributed by atoms with van der Waals surface area (Å²) in [7, 11) is 0. The predicted octanol–water partition coefficient (Wildman–Crippen LogP) is 5.56. The Labute approximate surface area is 241 Å². The number of ether oxygens (including phenoxy) is 3. The minimum atomic E-state index is -1.55. The van der Waals surface area contributed by atoms with Crippen LogP contribution < -0.4 is 11.2 Å². The summed E-state index contributed by atoms with van der Waals surface area (Å²) in [5.41, 5.74) is -1.80. The molecule has 10 heteroatoms. The summed E-state index contributed by atoms with van der Waals surface area (Å²) in [6, 6.07) is 9.75. The van der Waals surface area contributed by atoms with Gasteiger partial charge in [0.2, 0.25) is 0 Å². The van der Waals surface area contributed by atoms with Crippen molar-refractivity contribution in [3.05, 3.63) is 66.1 Å². The molecular weight excluding hydrogens is 584 g/mol. The number of aromatic nitrogens is 2. The lowest BCUT2D eigenvalue weighted by Gasteiger charge is -2.31. The quantitative estimate of drug-likeness (QED) is 0.307. The van der Waals surface area contributed by atoms with Crippen LogP contribution in [0.2, 0.25) is 0 Å². The Morgan fingerprint density at radius 2 is 1.85 bits per heavy atom. The van der Waals surface area contributed by atoms with Gasteiger partial charge in [-0.1, -0.05) is 30.3 Å². The van der Waals surface area contributed by atoms with Gasteiger partial charge in [0.05, 0.1) is 28.4 Å². The Morgan fingerprint density at radius 3 is 2.44 bits per heavy atom. The van der Waals surface area contributed by atoms with E-state index >= 15 is 0 Å². The van der Waals surface area contributed by atoms with Crippen LogP contribution in [0.3, 0.4) is 0 Å². The van der Waals surface area contributed by atoms with Gasteiger partial charge in [-0.3, -0.25) is 9.36 Å². The number of hydrogen-bond acceptors (Lipinski definition) is 7. The van der Waals surface area contributed by atoms with Crippen LogP contribution in [-0.2, 0) is 31.1 Å². The summed E-state index contributed by atoms with van der Waals surface area (Å²) in [6.07, 6.45) is 0.336. The molecule has 3 aromatic rings. The van der Waals surface area contributed by atoms with Gasteiger partial charge in [-0.05, 0) is 81.9 Å². The van der Waals surface area contributed by atoms with Gasteiger partial charge in [0, 0.05) is 12.5 Å². The molecule has 1 saturated heterocycles. The second kappa shape index (κ2) is 11.3. The van der Waals surface area contributed by atoms with Crippen molar-refractivity contribution in [2.24, 2.45) is 5.92 Å². The lowest BCUT2D eigenvalue weighted by atomic mass is 10.0. The van der Waals surface area contributed by atoms with Gasteiger partial charge in [-0.2, -0.15) is 0 Å². The first-order valence-electron chi connectivity index (χ1n) is 13.2. The Hall–Kier alpha value is -2.27. The first kappa shape index (κ1) is 29.7. The molecule has 0 bridgehead atoms. The number of esters is 1. The minimum absolute atomic E-state index is 0.107. The van der Waals surface area contributed by atoms with E-state index in [1.165, 1.54) is 11.3 Å². The Bertz CT molecular complexity index is 1460. The zero-order valence-corrected chi connectivity index (χ0v) is 26.0. The minimum Gasteiger partial charge on any atom is -0.458 e. The summed E-state index contributed by atoms with van der Waals surface area (Å²) < 4.78 is 21.2. The standard InChI is InChI=1S/C29H37BrN2O6S/c1-17-22-24(33)32(29(6,7)26(34)38-28(3,4)5)27(35)31(25(22)39-23(17)30)15-21(19-11-9-8-10-12-19)37-18(2)20-13-14-36-16-20/h8-12,18,20-21H,13-16H2,1-7H3.